The van der Waals surface area contributed by atoms with Crippen molar-refractivity contribution in [1.82, 2.24) is 5.32 Å². The van der Waals surface area contributed by atoms with E-state index in [0.717, 1.165) is 83.5 Å². The van der Waals surface area contributed by atoms with Crippen molar-refractivity contribution >= 4 is 16.0 Å². The third kappa shape index (κ3) is 46.7. The van der Waals surface area contributed by atoms with Crippen molar-refractivity contribution < 1.29 is 22.9 Å². The van der Waals surface area contributed by atoms with Crippen LogP contribution in [-0.2, 0) is 14.9 Å². The van der Waals surface area contributed by atoms with Gasteiger partial charge in [-0.2, -0.15) is 8.42 Å². The maximum absolute atomic E-state index is 12.6. The zero-order chi connectivity index (χ0) is 43.2. The van der Waals surface area contributed by atoms with E-state index in [0.29, 0.717) is 12.8 Å². The van der Waals surface area contributed by atoms with E-state index in [1.54, 1.807) is 0 Å². The summed E-state index contributed by atoms with van der Waals surface area (Å²) in [7, 11) is -4.33. The van der Waals surface area contributed by atoms with Crippen molar-refractivity contribution in [2.75, 3.05) is 5.75 Å². The minimum absolute atomic E-state index is 0.270. The number of aliphatic hydroxyl groups is 1. The SMILES string of the molecule is CC/C=C\C/C=C\C/C=C\C/C=C\C/C=C\C/C=C\CCCCCCC(=O)NC(CS(=O)(=O)O)C(O)CCCCCCCCCCCCCCCCCCCCCCC. The van der Waals surface area contributed by atoms with Crippen LogP contribution in [-0.4, -0.2) is 41.9 Å². The molecular weight excluding hydrogens is 751 g/mol. The highest BCUT2D eigenvalue weighted by Crippen LogP contribution is 2.16. The molecule has 2 unspecified atom stereocenters. The lowest BCUT2D eigenvalue weighted by atomic mass is 10.0. The number of rotatable bonds is 44. The molecule has 0 saturated heterocycles. The zero-order valence-corrected chi connectivity index (χ0v) is 39.2. The van der Waals surface area contributed by atoms with Gasteiger partial charge < -0.3 is 10.4 Å². The predicted octanol–water partition coefficient (Wildman–Crippen LogP) is 15.4. The lowest BCUT2D eigenvalue weighted by molar-refractivity contribution is -0.122. The fourth-order valence-electron chi connectivity index (χ4n) is 7.28. The fourth-order valence-corrected chi connectivity index (χ4v) is 8.04. The Morgan fingerprint density at radius 2 is 0.814 bits per heavy atom. The van der Waals surface area contributed by atoms with Crippen LogP contribution in [0.2, 0.25) is 0 Å². The van der Waals surface area contributed by atoms with Crippen molar-refractivity contribution in [1.29, 1.82) is 0 Å². The molecule has 2 atom stereocenters. The van der Waals surface area contributed by atoms with E-state index in [1.807, 2.05) is 0 Å². The van der Waals surface area contributed by atoms with Gasteiger partial charge in [-0.3, -0.25) is 9.35 Å². The third-order valence-electron chi connectivity index (χ3n) is 10.9. The van der Waals surface area contributed by atoms with Crippen molar-refractivity contribution in [3.8, 4) is 0 Å². The maximum atomic E-state index is 12.6. The first-order valence-corrected chi connectivity index (χ1v) is 26.2. The summed E-state index contributed by atoms with van der Waals surface area (Å²) in [5.74, 6) is -0.932. The third-order valence-corrected chi connectivity index (χ3v) is 11.7. The Balaban J connectivity index is 3.86. The van der Waals surface area contributed by atoms with Gasteiger partial charge in [0.25, 0.3) is 10.1 Å². The Hall–Kier alpha value is -2.22. The van der Waals surface area contributed by atoms with Gasteiger partial charge in [0, 0.05) is 6.42 Å². The normalized spacial score (nSPS) is 13.8. The molecule has 7 heteroatoms. The van der Waals surface area contributed by atoms with Crippen molar-refractivity contribution in [3.63, 3.8) is 0 Å². The van der Waals surface area contributed by atoms with Gasteiger partial charge in [0.1, 0.15) is 0 Å². The largest absolute Gasteiger partial charge is 0.391 e. The lowest BCUT2D eigenvalue weighted by Gasteiger charge is -2.23. The predicted molar refractivity (Wildman–Crippen MR) is 258 cm³/mol. The summed E-state index contributed by atoms with van der Waals surface area (Å²) in [6, 6.07) is -0.990. The van der Waals surface area contributed by atoms with Crippen LogP contribution in [0.1, 0.15) is 232 Å². The Kier molecular flexibility index (Phi) is 43.6. The number of unbranched alkanes of at least 4 members (excludes halogenated alkanes) is 24. The smallest absolute Gasteiger partial charge is 0.266 e. The van der Waals surface area contributed by atoms with Crippen LogP contribution in [0.5, 0.6) is 0 Å². The minimum Gasteiger partial charge on any atom is -0.391 e. The minimum atomic E-state index is -4.33. The quantitative estimate of drug-likeness (QED) is 0.0322. The number of allylic oxidation sites excluding steroid dienone is 12. The number of carbonyl (C=O) groups is 1. The highest BCUT2D eigenvalue weighted by Gasteiger charge is 2.26. The molecular formula is C52H93NO5S. The summed E-state index contributed by atoms with van der Waals surface area (Å²) in [5, 5.41) is 13.4. The van der Waals surface area contributed by atoms with E-state index < -0.39 is 28.0 Å². The van der Waals surface area contributed by atoms with E-state index in [2.05, 4.69) is 92.1 Å². The van der Waals surface area contributed by atoms with Crippen molar-refractivity contribution in [2.45, 2.75) is 244 Å². The highest BCUT2D eigenvalue weighted by atomic mass is 32.2. The second-order valence-corrected chi connectivity index (χ2v) is 18.2. The molecule has 3 N–H and O–H groups in total. The molecule has 0 aliphatic rings. The Bertz CT molecular complexity index is 1200. The summed E-state index contributed by atoms with van der Waals surface area (Å²) in [5.41, 5.74) is 0. The molecule has 0 aromatic heterocycles. The van der Waals surface area contributed by atoms with E-state index in [9.17, 15) is 22.9 Å². The molecule has 0 aliphatic heterocycles. The van der Waals surface area contributed by atoms with Crippen LogP contribution >= 0.6 is 0 Å². The first-order valence-electron chi connectivity index (χ1n) is 24.6. The molecule has 0 bridgehead atoms. The molecule has 0 aromatic carbocycles. The van der Waals surface area contributed by atoms with Crippen molar-refractivity contribution in [2.24, 2.45) is 0 Å². The Labute approximate surface area is 365 Å². The van der Waals surface area contributed by atoms with Crippen LogP contribution in [0, 0.1) is 0 Å². The van der Waals surface area contributed by atoms with Gasteiger partial charge in [0.05, 0.1) is 17.9 Å². The van der Waals surface area contributed by atoms with Crippen molar-refractivity contribution in [3.05, 3.63) is 72.9 Å². The van der Waals surface area contributed by atoms with Gasteiger partial charge >= 0.3 is 0 Å². The Morgan fingerprint density at radius 3 is 1.20 bits per heavy atom. The molecule has 0 spiro atoms. The first kappa shape index (κ1) is 56.8. The molecule has 342 valence electrons. The summed E-state index contributed by atoms with van der Waals surface area (Å²) in [6.45, 7) is 4.43. The molecule has 0 heterocycles. The number of aliphatic hydroxyl groups excluding tert-OH is 1. The monoisotopic (exact) mass is 844 g/mol. The Morgan fingerprint density at radius 1 is 0.475 bits per heavy atom. The highest BCUT2D eigenvalue weighted by molar-refractivity contribution is 7.85. The van der Waals surface area contributed by atoms with Crippen LogP contribution in [0.25, 0.3) is 0 Å². The summed E-state index contributed by atoms with van der Waals surface area (Å²) >= 11 is 0. The molecule has 0 saturated carbocycles. The van der Waals surface area contributed by atoms with E-state index in [1.165, 1.54) is 116 Å². The van der Waals surface area contributed by atoms with Crippen LogP contribution in [0.4, 0.5) is 0 Å². The number of nitrogens with one attached hydrogen (secondary N) is 1. The van der Waals surface area contributed by atoms with Gasteiger partial charge in [-0.1, -0.05) is 234 Å². The number of amides is 1. The van der Waals surface area contributed by atoms with Crippen LogP contribution in [0.15, 0.2) is 72.9 Å². The maximum Gasteiger partial charge on any atom is 0.266 e. The molecule has 59 heavy (non-hydrogen) atoms. The molecule has 0 fully saturated rings. The summed E-state index contributed by atoms with van der Waals surface area (Å²) in [6.07, 6.45) is 64.3. The molecule has 1 amide bonds. The van der Waals surface area contributed by atoms with Gasteiger partial charge in [-0.15, -0.1) is 0 Å². The fraction of sp³-hybridized carbons (Fsp3) is 0.750. The van der Waals surface area contributed by atoms with Crippen LogP contribution in [0.3, 0.4) is 0 Å². The topological polar surface area (TPSA) is 104 Å². The average Bonchev–Trinajstić information content (AvgIpc) is 3.20. The molecule has 0 radical (unpaired) electrons. The standard InChI is InChI=1S/C52H93NO5S/c1-3-5-7-9-11-13-15-17-19-21-23-25-26-28-30-32-34-36-38-40-42-44-46-48-52(55)53-50(49-59(56,57)58)51(54)47-45-43-41-39-37-35-33-31-29-27-24-22-20-18-16-14-12-10-8-6-4-2/h5,7,11,13,17,19,23,25,28,30,34,36,50-51,54H,3-4,6,8-10,12,14-16,18,20-22,24,26-27,29,31-33,35,37-49H2,1-2H3,(H,53,55)(H,56,57,58)/b7-5-,13-11-,19-17-,25-23-,30-28-,36-34-. The van der Waals surface area contributed by atoms with Gasteiger partial charge in [-0.05, 0) is 64.2 Å². The number of hydrogen-bond donors (Lipinski definition) is 3. The van der Waals surface area contributed by atoms with E-state index >= 15 is 0 Å². The van der Waals surface area contributed by atoms with Gasteiger partial charge in [0.2, 0.25) is 5.91 Å². The summed E-state index contributed by atoms with van der Waals surface area (Å²) < 4.78 is 32.7. The average molecular weight is 844 g/mol. The molecule has 0 aliphatic carbocycles. The summed E-state index contributed by atoms with van der Waals surface area (Å²) in [4.78, 5) is 12.6. The molecule has 0 rings (SSSR count). The number of hydrogen-bond acceptors (Lipinski definition) is 4. The second-order valence-electron chi connectivity index (χ2n) is 16.7. The lowest BCUT2D eigenvalue weighted by Crippen LogP contribution is -2.47. The zero-order valence-electron chi connectivity index (χ0n) is 38.4. The van der Waals surface area contributed by atoms with E-state index in [4.69, 9.17) is 0 Å². The number of carbonyl (C=O) groups excluding carboxylic acids is 1. The van der Waals surface area contributed by atoms with Gasteiger partial charge in [-0.25, -0.2) is 0 Å². The van der Waals surface area contributed by atoms with Crippen LogP contribution < -0.4 is 5.32 Å². The van der Waals surface area contributed by atoms with Gasteiger partial charge in [0.15, 0.2) is 0 Å². The molecule has 6 nitrogen and oxygen atoms in total. The molecule has 0 aromatic rings. The second kappa shape index (κ2) is 45.3. The van der Waals surface area contributed by atoms with E-state index in [-0.39, 0.29) is 12.3 Å². The first-order chi connectivity index (χ1) is 28.8.